The minimum absolute atomic E-state index is 0.470. The Morgan fingerprint density at radius 2 is 1.95 bits per heavy atom. The summed E-state index contributed by atoms with van der Waals surface area (Å²) < 4.78 is 11.6. The van der Waals surface area contributed by atoms with Crippen LogP contribution in [0.15, 0.2) is 28.7 Å². The van der Waals surface area contributed by atoms with Gasteiger partial charge in [0.1, 0.15) is 23.9 Å². The maximum atomic E-state index is 5.86. The number of ether oxygens (including phenoxy) is 1. The molecule has 3 nitrogen and oxygen atoms in total. The average Bonchev–Trinajstić information content (AvgIpc) is 2.78. The van der Waals surface area contributed by atoms with E-state index in [0.717, 1.165) is 35.9 Å². The summed E-state index contributed by atoms with van der Waals surface area (Å²) in [5.41, 5.74) is 3.55. The second-order valence-electron chi connectivity index (χ2n) is 5.13. The predicted octanol–water partition coefficient (Wildman–Crippen LogP) is 3.89. The molecule has 20 heavy (non-hydrogen) atoms. The van der Waals surface area contributed by atoms with Gasteiger partial charge in [0, 0.05) is 12.1 Å². The molecule has 2 aromatic rings. The van der Waals surface area contributed by atoms with Gasteiger partial charge in [-0.05, 0) is 50.6 Å². The van der Waals surface area contributed by atoms with Crippen LogP contribution >= 0.6 is 0 Å². The van der Waals surface area contributed by atoms with Gasteiger partial charge in [0.2, 0.25) is 0 Å². The third kappa shape index (κ3) is 3.64. The van der Waals surface area contributed by atoms with Crippen molar-refractivity contribution in [1.29, 1.82) is 0 Å². The van der Waals surface area contributed by atoms with Crippen LogP contribution in [-0.4, -0.2) is 6.54 Å². The van der Waals surface area contributed by atoms with Gasteiger partial charge >= 0.3 is 0 Å². The zero-order valence-corrected chi connectivity index (χ0v) is 12.7. The van der Waals surface area contributed by atoms with Crippen molar-refractivity contribution in [3.8, 4) is 5.75 Å². The van der Waals surface area contributed by atoms with Crippen LogP contribution in [0.2, 0.25) is 0 Å². The Hall–Kier alpha value is -1.74. The fourth-order valence-electron chi connectivity index (χ4n) is 2.11. The number of hydrogen-bond acceptors (Lipinski definition) is 3. The summed E-state index contributed by atoms with van der Waals surface area (Å²) in [4.78, 5) is 0. The number of benzene rings is 1. The molecular weight excluding hydrogens is 250 g/mol. The molecule has 0 saturated heterocycles. The molecule has 0 amide bonds. The summed E-state index contributed by atoms with van der Waals surface area (Å²) in [7, 11) is 0. The van der Waals surface area contributed by atoms with E-state index in [2.05, 4.69) is 50.4 Å². The molecule has 0 aliphatic heterocycles. The highest BCUT2D eigenvalue weighted by atomic mass is 16.5. The highest BCUT2D eigenvalue weighted by Crippen LogP contribution is 2.22. The highest BCUT2D eigenvalue weighted by molar-refractivity contribution is 5.36. The van der Waals surface area contributed by atoms with Gasteiger partial charge in [-0.15, -0.1) is 0 Å². The molecule has 108 valence electrons. The van der Waals surface area contributed by atoms with Crippen molar-refractivity contribution < 1.29 is 9.15 Å². The van der Waals surface area contributed by atoms with Crippen molar-refractivity contribution in [3.05, 3.63) is 52.5 Å². The number of aryl methyl sites for hydroxylation is 3. The lowest BCUT2D eigenvalue weighted by atomic mass is 10.1. The van der Waals surface area contributed by atoms with Crippen molar-refractivity contribution in [3.63, 3.8) is 0 Å². The monoisotopic (exact) mass is 273 g/mol. The number of furan rings is 1. The molecule has 0 fully saturated rings. The summed E-state index contributed by atoms with van der Waals surface area (Å²) in [6.07, 6.45) is 0. The highest BCUT2D eigenvalue weighted by Gasteiger charge is 2.08. The summed E-state index contributed by atoms with van der Waals surface area (Å²) >= 11 is 0. The Kier molecular flexibility index (Phi) is 4.85. The molecule has 0 aliphatic carbocycles. The zero-order valence-electron chi connectivity index (χ0n) is 12.7. The minimum Gasteiger partial charge on any atom is -0.485 e. The summed E-state index contributed by atoms with van der Waals surface area (Å²) in [5.74, 6) is 2.76. The van der Waals surface area contributed by atoms with Gasteiger partial charge in [0.15, 0.2) is 0 Å². The lowest BCUT2D eigenvalue weighted by molar-refractivity contribution is 0.266. The Morgan fingerprint density at radius 1 is 1.15 bits per heavy atom. The molecule has 0 atom stereocenters. The van der Waals surface area contributed by atoms with Gasteiger partial charge in [-0.25, -0.2) is 0 Å². The first-order valence-electron chi connectivity index (χ1n) is 7.09. The zero-order chi connectivity index (χ0) is 14.5. The molecule has 1 aromatic heterocycles. The number of hydrogen-bond donors (Lipinski definition) is 1. The molecule has 1 heterocycles. The fourth-order valence-corrected chi connectivity index (χ4v) is 2.11. The van der Waals surface area contributed by atoms with Crippen molar-refractivity contribution >= 4 is 0 Å². The smallest absolute Gasteiger partial charge is 0.146 e. The fraction of sp³-hybridized carbons (Fsp3) is 0.412. The molecule has 0 spiro atoms. The van der Waals surface area contributed by atoms with Crippen molar-refractivity contribution in [1.82, 2.24) is 5.32 Å². The Labute approximate surface area is 121 Å². The van der Waals surface area contributed by atoms with E-state index in [9.17, 15) is 0 Å². The molecule has 0 radical (unpaired) electrons. The first-order chi connectivity index (χ1) is 9.60. The molecule has 0 saturated carbocycles. The van der Waals surface area contributed by atoms with Crippen LogP contribution in [0.1, 0.15) is 35.1 Å². The second-order valence-corrected chi connectivity index (χ2v) is 5.13. The van der Waals surface area contributed by atoms with Crippen LogP contribution in [-0.2, 0) is 13.2 Å². The molecule has 0 aliphatic rings. The number of rotatable bonds is 6. The standard InChI is InChI=1S/C17H23NO2/c1-5-18-10-15-9-16(20-14(15)4)11-19-17-8-12(2)6-7-13(17)3/h6-9,18H,5,10-11H2,1-4H3. The summed E-state index contributed by atoms with van der Waals surface area (Å²) in [5, 5.41) is 3.31. The Morgan fingerprint density at radius 3 is 2.70 bits per heavy atom. The quantitative estimate of drug-likeness (QED) is 0.867. The van der Waals surface area contributed by atoms with E-state index >= 15 is 0 Å². The molecule has 0 unspecified atom stereocenters. The summed E-state index contributed by atoms with van der Waals surface area (Å²) in [6.45, 7) is 10.5. The van der Waals surface area contributed by atoms with Crippen LogP contribution in [0.4, 0.5) is 0 Å². The van der Waals surface area contributed by atoms with Gasteiger partial charge in [-0.1, -0.05) is 19.1 Å². The maximum Gasteiger partial charge on any atom is 0.146 e. The largest absolute Gasteiger partial charge is 0.485 e. The predicted molar refractivity (Wildman–Crippen MR) is 81.1 cm³/mol. The lowest BCUT2D eigenvalue weighted by Crippen LogP contribution is -2.11. The van der Waals surface area contributed by atoms with Crippen molar-refractivity contribution in [2.45, 2.75) is 40.8 Å². The third-order valence-electron chi connectivity index (χ3n) is 3.35. The van der Waals surface area contributed by atoms with Crippen LogP contribution in [0, 0.1) is 20.8 Å². The average molecular weight is 273 g/mol. The van der Waals surface area contributed by atoms with Gasteiger partial charge in [-0.2, -0.15) is 0 Å². The molecule has 2 rings (SSSR count). The topological polar surface area (TPSA) is 34.4 Å². The van der Waals surface area contributed by atoms with Crippen LogP contribution in [0.3, 0.4) is 0 Å². The van der Waals surface area contributed by atoms with E-state index in [1.807, 2.05) is 6.92 Å². The van der Waals surface area contributed by atoms with Gasteiger partial charge in [0.25, 0.3) is 0 Å². The van der Waals surface area contributed by atoms with Gasteiger partial charge in [0.05, 0.1) is 0 Å². The maximum absolute atomic E-state index is 5.86. The first kappa shape index (κ1) is 14.7. The molecule has 0 bridgehead atoms. The minimum atomic E-state index is 0.470. The normalized spacial score (nSPS) is 10.8. The molecular formula is C17H23NO2. The summed E-state index contributed by atoms with van der Waals surface area (Å²) in [6, 6.07) is 8.30. The molecule has 1 aromatic carbocycles. The van der Waals surface area contributed by atoms with Crippen molar-refractivity contribution in [2.75, 3.05) is 6.54 Å². The second kappa shape index (κ2) is 6.62. The van der Waals surface area contributed by atoms with Crippen LogP contribution in [0.25, 0.3) is 0 Å². The van der Waals surface area contributed by atoms with E-state index in [1.165, 1.54) is 11.1 Å². The van der Waals surface area contributed by atoms with E-state index < -0.39 is 0 Å². The molecule has 3 heteroatoms. The third-order valence-corrected chi connectivity index (χ3v) is 3.35. The van der Waals surface area contributed by atoms with E-state index in [4.69, 9.17) is 9.15 Å². The first-order valence-corrected chi connectivity index (χ1v) is 7.09. The Bertz CT molecular complexity index is 572. The lowest BCUT2D eigenvalue weighted by Gasteiger charge is -2.08. The van der Waals surface area contributed by atoms with E-state index in [1.54, 1.807) is 0 Å². The van der Waals surface area contributed by atoms with Crippen LogP contribution < -0.4 is 10.1 Å². The van der Waals surface area contributed by atoms with Crippen molar-refractivity contribution in [2.24, 2.45) is 0 Å². The Balaban J connectivity index is 2.02. The number of nitrogens with one attached hydrogen (secondary N) is 1. The SMILES string of the molecule is CCNCc1cc(COc2cc(C)ccc2C)oc1C. The molecule has 1 N–H and O–H groups in total. The van der Waals surface area contributed by atoms with Gasteiger partial charge in [-0.3, -0.25) is 0 Å². The van der Waals surface area contributed by atoms with E-state index in [-0.39, 0.29) is 0 Å². The van der Waals surface area contributed by atoms with E-state index in [0.29, 0.717) is 6.61 Å². The van der Waals surface area contributed by atoms with Gasteiger partial charge < -0.3 is 14.5 Å². The van der Waals surface area contributed by atoms with Crippen LogP contribution in [0.5, 0.6) is 5.75 Å².